The van der Waals surface area contributed by atoms with Crippen LogP contribution < -0.4 is 4.90 Å². The molecule has 1 fully saturated rings. The van der Waals surface area contributed by atoms with Crippen molar-refractivity contribution in [3.05, 3.63) is 106 Å². The van der Waals surface area contributed by atoms with Crippen molar-refractivity contribution in [1.82, 2.24) is 9.78 Å². The lowest BCUT2D eigenvalue weighted by Crippen LogP contribution is -2.27. The average molecular weight is 472 g/mol. The molecule has 1 aromatic heterocycles. The Morgan fingerprint density at radius 2 is 1.58 bits per heavy atom. The summed E-state index contributed by atoms with van der Waals surface area (Å²) in [6.07, 6.45) is 3.59. The molecule has 0 aliphatic carbocycles. The maximum atomic E-state index is 13.1. The van der Waals surface area contributed by atoms with Crippen LogP contribution in [-0.4, -0.2) is 20.9 Å². The van der Waals surface area contributed by atoms with Crippen molar-refractivity contribution < 1.29 is 9.59 Å². The van der Waals surface area contributed by atoms with Crippen molar-refractivity contribution in [2.45, 2.75) is 6.92 Å². The van der Waals surface area contributed by atoms with Crippen molar-refractivity contribution in [2.75, 3.05) is 4.90 Å². The molecule has 162 valence electrons. The van der Waals surface area contributed by atoms with Gasteiger partial charge in [-0.2, -0.15) is 5.10 Å². The number of halogens is 1. The van der Waals surface area contributed by atoms with E-state index in [0.717, 1.165) is 34.1 Å². The van der Waals surface area contributed by atoms with Gasteiger partial charge in [0.1, 0.15) is 0 Å². The van der Waals surface area contributed by atoms with Crippen molar-refractivity contribution in [3.8, 4) is 16.9 Å². The van der Waals surface area contributed by atoms with Gasteiger partial charge in [0.15, 0.2) is 0 Å². The van der Waals surface area contributed by atoms with Crippen LogP contribution >= 0.6 is 23.4 Å². The van der Waals surface area contributed by atoms with Crippen LogP contribution in [0.25, 0.3) is 23.0 Å². The quantitative estimate of drug-likeness (QED) is 0.309. The summed E-state index contributed by atoms with van der Waals surface area (Å²) >= 11 is 7.00. The molecular formula is C26H18ClN3O2S. The van der Waals surface area contributed by atoms with E-state index >= 15 is 0 Å². The smallest absolute Gasteiger partial charge is 0.268 e. The molecule has 5 rings (SSSR count). The summed E-state index contributed by atoms with van der Waals surface area (Å²) < 4.78 is 1.76. The van der Waals surface area contributed by atoms with E-state index in [9.17, 15) is 9.59 Å². The number of hydrogen-bond donors (Lipinski definition) is 0. The zero-order chi connectivity index (χ0) is 22.9. The van der Waals surface area contributed by atoms with Gasteiger partial charge < -0.3 is 0 Å². The van der Waals surface area contributed by atoms with E-state index in [0.29, 0.717) is 21.3 Å². The molecule has 1 aliphatic rings. The van der Waals surface area contributed by atoms with Gasteiger partial charge in [0.25, 0.3) is 11.1 Å². The third-order valence-corrected chi connectivity index (χ3v) is 6.37. The Morgan fingerprint density at radius 3 is 2.27 bits per heavy atom. The number of imide groups is 1. The highest BCUT2D eigenvalue weighted by molar-refractivity contribution is 8.19. The van der Waals surface area contributed by atoms with Gasteiger partial charge in [0, 0.05) is 22.3 Å². The van der Waals surface area contributed by atoms with Crippen LogP contribution in [0.3, 0.4) is 0 Å². The fraction of sp³-hybridized carbons (Fsp3) is 0.0385. The highest BCUT2D eigenvalue weighted by atomic mass is 35.5. The number of aryl methyl sites for hydroxylation is 1. The van der Waals surface area contributed by atoms with Gasteiger partial charge in [-0.15, -0.1) is 0 Å². The Bertz CT molecular complexity index is 1380. The number of hydrogen-bond acceptors (Lipinski definition) is 4. The number of carbonyl (C=O) groups is 2. The van der Waals surface area contributed by atoms with Gasteiger partial charge in [-0.1, -0.05) is 59.6 Å². The third-order valence-electron chi connectivity index (χ3n) is 5.25. The summed E-state index contributed by atoms with van der Waals surface area (Å²) in [6.45, 7) is 1.96. The van der Waals surface area contributed by atoms with Gasteiger partial charge in [-0.3, -0.25) is 9.59 Å². The van der Waals surface area contributed by atoms with Gasteiger partial charge in [-0.25, -0.2) is 9.58 Å². The molecule has 2 heterocycles. The van der Waals surface area contributed by atoms with E-state index in [4.69, 9.17) is 16.7 Å². The zero-order valence-electron chi connectivity index (χ0n) is 17.6. The fourth-order valence-electron chi connectivity index (χ4n) is 3.56. The van der Waals surface area contributed by atoms with Crippen molar-refractivity contribution in [3.63, 3.8) is 0 Å². The number of amides is 2. The lowest BCUT2D eigenvalue weighted by molar-refractivity contribution is -0.113. The molecular weight excluding hydrogens is 454 g/mol. The SMILES string of the molecule is Cc1ccc(N2C(=O)S/C(=C\c3cn(-c4ccccc4)nc3-c3ccc(Cl)cc3)C2=O)cc1. The number of aromatic nitrogens is 2. The molecule has 0 N–H and O–H groups in total. The summed E-state index contributed by atoms with van der Waals surface area (Å²) in [6, 6.07) is 24.4. The largest absolute Gasteiger partial charge is 0.298 e. The van der Waals surface area contributed by atoms with Gasteiger partial charge >= 0.3 is 0 Å². The van der Waals surface area contributed by atoms with E-state index in [1.54, 1.807) is 35.0 Å². The number of benzene rings is 3. The zero-order valence-corrected chi connectivity index (χ0v) is 19.2. The molecule has 0 spiro atoms. The van der Waals surface area contributed by atoms with Crippen molar-refractivity contribution in [1.29, 1.82) is 0 Å². The first-order valence-corrected chi connectivity index (χ1v) is 11.4. The second kappa shape index (κ2) is 8.73. The van der Waals surface area contributed by atoms with E-state index in [2.05, 4.69) is 0 Å². The van der Waals surface area contributed by atoms with E-state index in [1.165, 1.54) is 4.90 Å². The first-order chi connectivity index (χ1) is 16.0. The fourth-order valence-corrected chi connectivity index (χ4v) is 4.52. The summed E-state index contributed by atoms with van der Waals surface area (Å²) in [7, 11) is 0. The first kappa shape index (κ1) is 21.2. The van der Waals surface area contributed by atoms with Crippen LogP contribution in [0, 0.1) is 6.92 Å². The lowest BCUT2D eigenvalue weighted by Gasteiger charge is -2.12. The maximum Gasteiger partial charge on any atom is 0.298 e. The highest BCUT2D eigenvalue weighted by Crippen LogP contribution is 2.37. The minimum Gasteiger partial charge on any atom is -0.268 e. The Kier molecular flexibility index (Phi) is 5.62. The summed E-state index contributed by atoms with van der Waals surface area (Å²) in [5.41, 5.74) is 4.79. The molecule has 0 saturated carbocycles. The van der Waals surface area contributed by atoms with Gasteiger partial charge in [0.05, 0.1) is 22.0 Å². The third kappa shape index (κ3) is 4.23. The normalized spacial score (nSPS) is 15.0. The van der Waals surface area contributed by atoms with Crippen molar-refractivity contribution in [2.24, 2.45) is 0 Å². The predicted octanol–water partition coefficient (Wildman–Crippen LogP) is 6.74. The minimum absolute atomic E-state index is 0.321. The van der Waals surface area contributed by atoms with Crippen LogP contribution in [-0.2, 0) is 4.79 Å². The molecule has 3 aromatic carbocycles. The molecule has 1 aliphatic heterocycles. The second-order valence-electron chi connectivity index (χ2n) is 7.57. The number of carbonyl (C=O) groups excluding carboxylic acids is 2. The minimum atomic E-state index is -0.344. The van der Waals surface area contributed by atoms with Crippen LogP contribution in [0.4, 0.5) is 10.5 Å². The Hall–Kier alpha value is -3.61. The Labute approximate surface area is 200 Å². The lowest BCUT2D eigenvalue weighted by atomic mass is 10.1. The van der Waals surface area contributed by atoms with Crippen LogP contribution in [0.15, 0.2) is 90.0 Å². The molecule has 7 heteroatoms. The first-order valence-electron chi connectivity index (χ1n) is 10.3. The highest BCUT2D eigenvalue weighted by Gasteiger charge is 2.36. The summed E-state index contributed by atoms with van der Waals surface area (Å²) in [5, 5.41) is 5.07. The standard InChI is InChI=1S/C26H18ClN3O2S/c1-17-7-13-22(14-8-17)30-25(31)23(33-26(30)32)15-19-16-29(21-5-3-2-4-6-21)28-24(19)18-9-11-20(27)12-10-18/h2-16H,1H3/b23-15-. The van der Waals surface area contributed by atoms with E-state index in [1.807, 2.05) is 67.7 Å². The number of thioether (sulfide) groups is 1. The second-order valence-corrected chi connectivity index (χ2v) is 9.00. The van der Waals surface area contributed by atoms with Crippen LogP contribution in [0.2, 0.25) is 5.02 Å². The topological polar surface area (TPSA) is 55.2 Å². The summed E-state index contributed by atoms with van der Waals surface area (Å²) in [4.78, 5) is 27.4. The summed E-state index contributed by atoms with van der Waals surface area (Å²) in [5.74, 6) is -0.344. The number of anilines is 1. The van der Waals surface area contributed by atoms with Gasteiger partial charge in [-0.05, 0) is 61.2 Å². The Morgan fingerprint density at radius 1 is 0.879 bits per heavy atom. The molecule has 0 atom stereocenters. The molecule has 1 saturated heterocycles. The van der Waals surface area contributed by atoms with Crippen LogP contribution in [0.5, 0.6) is 0 Å². The molecule has 5 nitrogen and oxygen atoms in total. The molecule has 0 unspecified atom stereocenters. The average Bonchev–Trinajstić information content (AvgIpc) is 3.36. The predicted molar refractivity (Wildman–Crippen MR) is 134 cm³/mol. The monoisotopic (exact) mass is 471 g/mol. The molecule has 4 aromatic rings. The molecule has 0 bridgehead atoms. The van der Waals surface area contributed by atoms with Gasteiger partial charge in [0.2, 0.25) is 0 Å². The maximum absolute atomic E-state index is 13.1. The van der Waals surface area contributed by atoms with E-state index in [-0.39, 0.29) is 11.1 Å². The number of nitrogens with zero attached hydrogens (tertiary/aromatic N) is 3. The van der Waals surface area contributed by atoms with Crippen LogP contribution in [0.1, 0.15) is 11.1 Å². The van der Waals surface area contributed by atoms with E-state index < -0.39 is 0 Å². The Balaban J connectivity index is 1.57. The molecule has 33 heavy (non-hydrogen) atoms. The molecule has 2 amide bonds. The molecule has 0 radical (unpaired) electrons. The number of para-hydroxylation sites is 1. The number of rotatable bonds is 4. The van der Waals surface area contributed by atoms with Crippen molar-refractivity contribution >= 4 is 46.3 Å².